The van der Waals surface area contributed by atoms with Gasteiger partial charge in [-0.15, -0.1) is 12.4 Å². The molecule has 2 heterocycles. The fourth-order valence-corrected chi connectivity index (χ4v) is 1.93. The zero-order chi connectivity index (χ0) is 10.5. The maximum atomic E-state index is 5.77. The zero-order valence-electron chi connectivity index (χ0n) is 9.18. The van der Waals surface area contributed by atoms with Gasteiger partial charge in [0.2, 0.25) is 5.88 Å². The summed E-state index contributed by atoms with van der Waals surface area (Å²) < 4.78 is 5.77. The Morgan fingerprint density at radius 1 is 1.56 bits per heavy atom. The average molecular weight is 262 g/mol. The number of nitrogens with one attached hydrogen (secondary N) is 1. The summed E-state index contributed by atoms with van der Waals surface area (Å²) in [5.41, 5.74) is 0. The Kier molecular flexibility index (Phi) is 5.87. The molecule has 1 saturated heterocycles. The van der Waals surface area contributed by atoms with Crippen LogP contribution in [0.4, 0.5) is 0 Å². The Bertz CT molecular complexity index is 321. The van der Waals surface area contributed by atoms with Gasteiger partial charge in [-0.05, 0) is 25.6 Å². The Labute approximate surface area is 106 Å². The Morgan fingerprint density at radius 3 is 3.12 bits per heavy atom. The number of aromatic nitrogens is 2. The van der Waals surface area contributed by atoms with Crippen molar-refractivity contribution < 1.29 is 4.74 Å². The number of ether oxygens (including phenoxy) is 1. The number of piperidine rings is 1. The highest BCUT2D eigenvalue weighted by molar-refractivity contribution is 7.98. The molecule has 1 aliphatic heterocycles. The summed E-state index contributed by atoms with van der Waals surface area (Å²) >= 11 is 1.53. The molecular formula is C10H16ClN3OS. The largest absolute Gasteiger partial charge is 0.473 e. The van der Waals surface area contributed by atoms with E-state index in [4.69, 9.17) is 4.74 Å². The number of rotatable bonds is 3. The first-order valence-corrected chi connectivity index (χ1v) is 6.35. The van der Waals surface area contributed by atoms with E-state index in [1.165, 1.54) is 18.2 Å². The SMILES string of the molecule is CSc1nccc(OC2CCCNC2)n1.Cl. The van der Waals surface area contributed by atoms with Gasteiger partial charge in [0, 0.05) is 18.8 Å². The molecule has 1 aromatic heterocycles. The van der Waals surface area contributed by atoms with Crippen LogP contribution in [0.25, 0.3) is 0 Å². The molecule has 2 rings (SSSR count). The highest BCUT2D eigenvalue weighted by atomic mass is 35.5. The Balaban J connectivity index is 0.00000128. The third-order valence-electron chi connectivity index (χ3n) is 2.33. The predicted molar refractivity (Wildman–Crippen MR) is 67.6 cm³/mol. The van der Waals surface area contributed by atoms with Gasteiger partial charge in [-0.25, -0.2) is 4.98 Å². The number of nitrogens with zero attached hydrogens (tertiary/aromatic N) is 2. The molecule has 1 atom stereocenters. The van der Waals surface area contributed by atoms with Crippen molar-refractivity contribution in [3.8, 4) is 5.88 Å². The number of thioether (sulfide) groups is 1. The monoisotopic (exact) mass is 261 g/mol. The maximum Gasteiger partial charge on any atom is 0.217 e. The molecule has 1 aliphatic rings. The van der Waals surface area contributed by atoms with Crippen molar-refractivity contribution in [1.29, 1.82) is 0 Å². The Morgan fingerprint density at radius 2 is 2.44 bits per heavy atom. The number of halogens is 1. The summed E-state index contributed by atoms with van der Waals surface area (Å²) in [5, 5.41) is 4.07. The zero-order valence-corrected chi connectivity index (χ0v) is 10.8. The molecule has 90 valence electrons. The van der Waals surface area contributed by atoms with E-state index in [-0.39, 0.29) is 18.5 Å². The van der Waals surface area contributed by atoms with Crippen molar-refractivity contribution in [2.75, 3.05) is 19.3 Å². The molecule has 16 heavy (non-hydrogen) atoms. The summed E-state index contributed by atoms with van der Waals surface area (Å²) in [7, 11) is 0. The van der Waals surface area contributed by atoms with Gasteiger partial charge in [0.15, 0.2) is 5.16 Å². The van der Waals surface area contributed by atoms with E-state index in [0.717, 1.165) is 24.7 Å². The van der Waals surface area contributed by atoms with Crippen molar-refractivity contribution in [2.24, 2.45) is 0 Å². The number of hydrogen-bond acceptors (Lipinski definition) is 5. The summed E-state index contributed by atoms with van der Waals surface area (Å²) in [4.78, 5) is 8.39. The van der Waals surface area contributed by atoms with Crippen molar-refractivity contribution >= 4 is 24.2 Å². The van der Waals surface area contributed by atoms with Gasteiger partial charge in [-0.2, -0.15) is 4.98 Å². The van der Waals surface area contributed by atoms with Crippen LogP contribution >= 0.6 is 24.2 Å². The van der Waals surface area contributed by atoms with Crippen LogP contribution in [0.15, 0.2) is 17.4 Å². The lowest BCUT2D eigenvalue weighted by Gasteiger charge is -2.23. The van der Waals surface area contributed by atoms with Crippen LogP contribution in [0.2, 0.25) is 0 Å². The third kappa shape index (κ3) is 3.81. The van der Waals surface area contributed by atoms with Crippen molar-refractivity contribution in [3.05, 3.63) is 12.3 Å². The van der Waals surface area contributed by atoms with Gasteiger partial charge in [-0.1, -0.05) is 11.8 Å². The molecule has 4 nitrogen and oxygen atoms in total. The van der Waals surface area contributed by atoms with Gasteiger partial charge < -0.3 is 10.1 Å². The Hall–Kier alpha value is -0.520. The average Bonchev–Trinajstić information content (AvgIpc) is 2.31. The molecule has 1 N–H and O–H groups in total. The van der Waals surface area contributed by atoms with Crippen molar-refractivity contribution in [1.82, 2.24) is 15.3 Å². The summed E-state index contributed by atoms with van der Waals surface area (Å²) in [6.07, 6.45) is 6.23. The molecule has 0 aromatic carbocycles. The van der Waals surface area contributed by atoms with Crippen molar-refractivity contribution in [3.63, 3.8) is 0 Å². The van der Waals surface area contributed by atoms with Gasteiger partial charge >= 0.3 is 0 Å². The molecule has 1 unspecified atom stereocenters. The molecule has 6 heteroatoms. The minimum absolute atomic E-state index is 0. The molecule has 1 fully saturated rings. The first kappa shape index (κ1) is 13.5. The van der Waals surface area contributed by atoms with Crippen LogP contribution in [0.5, 0.6) is 5.88 Å². The van der Waals surface area contributed by atoms with E-state index < -0.39 is 0 Å². The van der Waals surface area contributed by atoms with E-state index in [2.05, 4.69) is 15.3 Å². The predicted octanol–water partition coefficient (Wildman–Crippen LogP) is 1.75. The van der Waals surface area contributed by atoms with Crippen LogP contribution in [0, 0.1) is 0 Å². The highest BCUT2D eigenvalue weighted by Crippen LogP contribution is 2.15. The molecule has 0 saturated carbocycles. The summed E-state index contributed by atoms with van der Waals surface area (Å²) in [5.74, 6) is 0.683. The smallest absolute Gasteiger partial charge is 0.217 e. The van der Waals surface area contributed by atoms with Gasteiger partial charge in [0.05, 0.1) is 0 Å². The third-order valence-corrected chi connectivity index (χ3v) is 2.89. The summed E-state index contributed by atoms with van der Waals surface area (Å²) in [6, 6.07) is 1.81. The summed E-state index contributed by atoms with van der Waals surface area (Å²) in [6.45, 7) is 2.01. The van der Waals surface area contributed by atoms with E-state index in [9.17, 15) is 0 Å². The molecule has 0 aliphatic carbocycles. The second-order valence-corrected chi connectivity index (χ2v) is 4.24. The standard InChI is InChI=1S/C10H15N3OS.ClH/c1-15-10-12-6-4-9(13-10)14-8-3-2-5-11-7-8;/h4,6,8,11H,2-3,5,7H2,1H3;1H. The minimum atomic E-state index is 0. The lowest BCUT2D eigenvalue weighted by atomic mass is 10.1. The van der Waals surface area contributed by atoms with E-state index in [1.54, 1.807) is 6.20 Å². The van der Waals surface area contributed by atoms with Gasteiger partial charge in [0.1, 0.15) is 6.10 Å². The quantitative estimate of drug-likeness (QED) is 0.664. The fourth-order valence-electron chi connectivity index (χ4n) is 1.58. The first-order valence-electron chi connectivity index (χ1n) is 5.13. The molecule has 1 aromatic rings. The van der Waals surface area contributed by atoms with Crippen LogP contribution in [0.3, 0.4) is 0 Å². The molecule has 0 spiro atoms. The van der Waals surface area contributed by atoms with Crippen LogP contribution < -0.4 is 10.1 Å². The minimum Gasteiger partial charge on any atom is -0.473 e. The maximum absolute atomic E-state index is 5.77. The van der Waals surface area contributed by atoms with E-state index >= 15 is 0 Å². The normalized spacial score (nSPS) is 19.9. The van der Waals surface area contributed by atoms with E-state index in [1.807, 2.05) is 12.3 Å². The lowest BCUT2D eigenvalue weighted by Crippen LogP contribution is -2.37. The van der Waals surface area contributed by atoms with Gasteiger partial charge in [-0.3, -0.25) is 0 Å². The molecular weight excluding hydrogens is 246 g/mol. The van der Waals surface area contributed by atoms with Crippen LogP contribution in [-0.2, 0) is 0 Å². The van der Waals surface area contributed by atoms with Gasteiger partial charge in [0.25, 0.3) is 0 Å². The lowest BCUT2D eigenvalue weighted by molar-refractivity contribution is 0.159. The second kappa shape index (κ2) is 6.93. The molecule has 0 radical (unpaired) electrons. The van der Waals surface area contributed by atoms with Crippen LogP contribution in [0.1, 0.15) is 12.8 Å². The highest BCUT2D eigenvalue weighted by Gasteiger charge is 2.14. The van der Waals surface area contributed by atoms with Crippen LogP contribution in [-0.4, -0.2) is 35.4 Å². The first-order chi connectivity index (χ1) is 7.38. The topological polar surface area (TPSA) is 47.0 Å². The second-order valence-electron chi connectivity index (χ2n) is 3.47. The van der Waals surface area contributed by atoms with E-state index in [0.29, 0.717) is 5.88 Å². The van der Waals surface area contributed by atoms with Crippen molar-refractivity contribution in [2.45, 2.75) is 24.1 Å². The fraction of sp³-hybridized carbons (Fsp3) is 0.600. The molecule has 0 amide bonds. The number of hydrogen-bond donors (Lipinski definition) is 1. The molecule has 0 bridgehead atoms.